The van der Waals surface area contributed by atoms with Crippen molar-refractivity contribution in [2.45, 2.75) is 39.2 Å². The predicted octanol–water partition coefficient (Wildman–Crippen LogP) is 3.02. The van der Waals surface area contributed by atoms with Gasteiger partial charge in [-0.25, -0.2) is 9.55 Å². The van der Waals surface area contributed by atoms with Gasteiger partial charge in [0.15, 0.2) is 5.11 Å². The van der Waals surface area contributed by atoms with Crippen molar-refractivity contribution in [1.82, 2.24) is 10.3 Å². The summed E-state index contributed by atoms with van der Waals surface area (Å²) in [5.41, 5.74) is 1.02. The highest BCUT2D eigenvalue weighted by atomic mass is 32.1. The van der Waals surface area contributed by atoms with Gasteiger partial charge in [0.2, 0.25) is 0 Å². The van der Waals surface area contributed by atoms with E-state index in [9.17, 15) is 0 Å². The summed E-state index contributed by atoms with van der Waals surface area (Å²) >= 11 is 5.30. The molecule has 0 unspecified atom stereocenters. The first-order valence-corrected chi connectivity index (χ1v) is 8.36. The molecule has 5 heteroatoms. The fraction of sp³-hybridized carbons (Fsp3) is 0.412. The summed E-state index contributed by atoms with van der Waals surface area (Å²) in [5.74, 6) is 1.29. The molecule has 0 amide bonds. The number of nitrogens with zero attached hydrogens (tertiary/aromatic N) is 1. The van der Waals surface area contributed by atoms with Gasteiger partial charge in [-0.1, -0.05) is 31.5 Å². The van der Waals surface area contributed by atoms with Gasteiger partial charge in [0, 0.05) is 12.2 Å². The summed E-state index contributed by atoms with van der Waals surface area (Å²) in [5, 5.41) is 7.11. The maximum absolute atomic E-state index is 5.30. The molecule has 0 aliphatic carbocycles. The number of aryl methyl sites for hydroxylation is 2. The molecule has 0 fully saturated rings. The summed E-state index contributed by atoms with van der Waals surface area (Å²) in [6, 6.07) is 9.98. The topological polar surface area (TPSA) is 43.7 Å². The van der Waals surface area contributed by atoms with E-state index >= 15 is 0 Å². The molecule has 1 aromatic carbocycles. The van der Waals surface area contributed by atoms with E-state index in [0.717, 1.165) is 31.6 Å². The third-order valence-corrected chi connectivity index (χ3v) is 3.76. The maximum Gasteiger partial charge on any atom is 0.254 e. The third-order valence-electron chi connectivity index (χ3n) is 3.51. The zero-order valence-corrected chi connectivity index (χ0v) is 14.0. The van der Waals surface area contributed by atoms with Crippen molar-refractivity contribution in [2.24, 2.45) is 0 Å². The van der Waals surface area contributed by atoms with Crippen LogP contribution in [0.15, 0.2) is 42.7 Å². The van der Waals surface area contributed by atoms with E-state index in [0.29, 0.717) is 5.11 Å². The number of H-pyrrole nitrogens is 1. The molecular formula is C17H25N4S+. The zero-order chi connectivity index (χ0) is 15.6. The molecule has 0 radical (unpaired) electrons. The second-order valence-corrected chi connectivity index (χ2v) is 5.71. The van der Waals surface area contributed by atoms with Crippen LogP contribution < -0.4 is 15.2 Å². The Balaban J connectivity index is 1.67. The van der Waals surface area contributed by atoms with Crippen molar-refractivity contribution in [3.05, 3.63) is 48.5 Å². The second kappa shape index (κ2) is 9.20. The molecule has 1 heterocycles. The number of para-hydroxylation sites is 1. The number of thiocarbonyl (C=S) groups is 1. The number of hydrogen-bond acceptors (Lipinski definition) is 1. The number of aromatic amines is 1. The van der Waals surface area contributed by atoms with Crippen LogP contribution in [0.25, 0.3) is 0 Å². The van der Waals surface area contributed by atoms with Crippen molar-refractivity contribution >= 4 is 23.0 Å². The van der Waals surface area contributed by atoms with Gasteiger partial charge in [-0.3, -0.25) is 0 Å². The van der Waals surface area contributed by atoms with Gasteiger partial charge in [0.05, 0.1) is 13.0 Å². The lowest BCUT2D eigenvalue weighted by Crippen LogP contribution is -2.36. The van der Waals surface area contributed by atoms with Crippen LogP contribution in [0, 0.1) is 0 Å². The highest BCUT2D eigenvalue weighted by molar-refractivity contribution is 7.80. The molecule has 0 atom stereocenters. The second-order valence-electron chi connectivity index (χ2n) is 5.30. The normalized spacial score (nSPS) is 10.4. The van der Waals surface area contributed by atoms with Crippen LogP contribution in [0.1, 0.15) is 32.0 Å². The lowest BCUT2D eigenvalue weighted by Gasteiger charge is -2.09. The van der Waals surface area contributed by atoms with Crippen LogP contribution in [-0.4, -0.2) is 16.6 Å². The smallest absolute Gasteiger partial charge is 0.254 e. The number of nitrogens with one attached hydrogen (secondary N) is 3. The standard InChI is InChI=1S/C17H24N4S/c1-2-3-13-21-14-12-18-16(21)10-7-11-19-17(22)20-15-8-5-4-6-9-15/h4-6,8-9,12,14H,2-3,7,10-11,13H2,1H3,(H2,19,20,22)/p+1. The van der Waals surface area contributed by atoms with Crippen LogP contribution in [0.3, 0.4) is 0 Å². The number of rotatable bonds is 8. The van der Waals surface area contributed by atoms with E-state index in [4.69, 9.17) is 12.2 Å². The van der Waals surface area contributed by atoms with Gasteiger partial charge >= 0.3 is 0 Å². The number of hydrogen-bond donors (Lipinski definition) is 3. The fourth-order valence-corrected chi connectivity index (χ4v) is 2.52. The molecule has 0 saturated heterocycles. The lowest BCUT2D eigenvalue weighted by molar-refractivity contribution is -0.703. The van der Waals surface area contributed by atoms with Gasteiger partial charge in [0.1, 0.15) is 12.4 Å². The predicted molar refractivity (Wildman–Crippen MR) is 94.9 cm³/mol. The molecule has 0 aliphatic heterocycles. The van der Waals surface area contributed by atoms with Gasteiger partial charge < -0.3 is 10.6 Å². The number of anilines is 1. The van der Waals surface area contributed by atoms with Gasteiger partial charge in [-0.05, 0) is 37.2 Å². The zero-order valence-electron chi connectivity index (χ0n) is 13.1. The Morgan fingerprint density at radius 1 is 1.23 bits per heavy atom. The van der Waals surface area contributed by atoms with Crippen molar-refractivity contribution < 1.29 is 4.57 Å². The molecule has 0 aliphatic rings. The van der Waals surface area contributed by atoms with Crippen molar-refractivity contribution in [3.8, 4) is 0 Å². The van der Waals surface area contributed by atoms with Crippen molar-refractivity contribution in [1.29, 1.82) is 0 Å². The van der Waals surface area contributed by atoms with Crippen LogP contribution in [-0.2, 0) is 13.0 Å². The molecule has 3 N–H and O–H groups in total. The molecule has 2 aromatic rings. The quantitative estimate of drug-likeness (QED) is 0.398. The van der Waals surface area contributed by atoms with Gasteiger partial charge in [-0.2, -0.15) is 0 Å². The lowest BCUT2D eigenvalue weighted by atomic mass is 10.3. The molecular weight excluding hydrogens is 292 g/mol. The monoisotopic (exact) mass is 317 g/mol. The van der Waals surface area contributed by atoms with Gasteiger partial charge in [-0.15, -0.1) is 0 Å². The summed E-state index contributed by atoms with van der Waals surface area (Å²) in [6.45, 7) is 4.18. The molecule has 0 spiro atoms. The molecule has 1 aromatic heterocycles. The largest absolute Gasteiger partial charge is 0.362 e. The first-order valence-electron chi connectivity index (χ1n) is 7.95. The van der Waals surface area contributed by atoms with Crippen molar-refractivity contribution in [2.75, 3.05) is 11.9 Å². The fourth-order valence-electron chi connectivity index (χ4n) is 2.30. The van der Waals surface area contributed by atoms with E-state index in [1.54, 1.807) is 0 Å². The Kier molecular flexibility index (Phi) is 6.90. The Hall–Kier alpha value is -1.88. The average Bonchev–Trinajstić information content (AvgIpc) is 2.98. The summed E-state index contributed by atoms with van der Waals surface area (Å²) in [4.78, 5) is 3.33. The molecule has 118 valence electrons. The Labute approximate surface area is 138 Å². The van der Waals surface area contributed by atoms with E-state index in [-0.39, 0.29) is 0 Å². The highest BCUT2D eigenvalue weighted by Gasteiger charge is 2.09. The Bertz CT molecular complexity index is 565. The molecule has 2 rings (SSSR count). The van der Waals surface area contributed by atoms with Crippen LogP contribution in [0.2, 0.25) is 0 Å². The first-order chi connectivity index (χ1) is 10.8. The Morgan fingerprint density at radius 2 is 2.05 bits per heavy atom. The van der Waals surface area contributed by atoms with Crippen LogP contribution in [0.5, 0.6) is 0 Å². The van der Waals surface area contributed by atoms with Crippen LogP contribution >= 0.6 is 12.2 Å². The minimum atomic E-state index is 0.677. The Morgan fingerprint density at radius 3 is 2.82 bits per heavy atom. The third kappa shape index (κ3) is 5.48. The summed E-state index contributed by atoms with van der Waals surface area (Å²) in [7, 11) is 0. The van der Waals surface area contributed by atoms with E-state index in [1.165, 1.54) is 18.7 Å². The van der Waals surface area contributed by atoms with E-state index in [2.05, 4.69) is 33.3 Å². The molecule has 0 bridgehead atoms. The molecule has 0 saturated carbocycles. The first kappa shape index (κ1) is 16.5. The van der Waals surface area contributed by atoms with E-state index in [1.807, 2.05) is 36.5 Å². The highest BCUT2D eigenvalue weighted by Crippen LogP contribution is 2.04. The number of aromatic nitrogens is 2. The van der Waals surface area contributed by atoms with Gasteiger partial charge in [0.25, 0.3) is 5.82 Å². The summed E-state index contributed by atoms with van der Waals surface area (Å²) in [6.07, 6.45) is 8.65. The minimum absolute atomic E-state index is 0.677. The number of imidazole rings is 1. The summed E-state index contributed by atoms with van der Waals surface area (Å²) < 4.78 is 2.31. The van der Waals surface area contributed by atoms with E-state index < -0.39 is 0 Å². The maximum atomic E-state index is 5.30. The SMILES string of the molecule is CCCC[n+]1cc[nH]c1CCCNC(=S)Nc1ccccc1. The number of unbranched alkanes of at least 4 members (excludes halogenated alkanes) is 1. The average molecular weight is 317 g/mol. The van der Waals surface area contributed by atoms with Crippen molar-refractivity contribution in [3.63, 3.8) is 0 Å². The van der Waals surface area contributed by atoms with Crippen LogP contribution in [0.4, 0.5) is 5.69 Å². The number of benzene rings is 1. The molecule has 22 heavy (non-hydrogen) atoms. The molecule has 4 nitrogen and oxygen atoms in total. The minimum Gasteiger partial charge on any atom is -0.362 e.